The number of unbranched alkanes of at least 4 members (excludes halogenated alkanes) is 1. The fourth-order valence-corrected chi connectivity index (χ4v) is 0.614. The van der Waals surface area contributed by atoms with Crippen LogP contribution in [-0.4, -0.2) is 23.5 Å². The summed E-state index contributed by atoms with van der Waals surface area (Å²) >= 11 is 0. The van der Waals surface area contributed by atoms with Crippen molar-refractivity contribution in [3.05, 3.63) is 0 Å². The number of hydrogen-bond donors (Lipinski definition) is 2. The minimum absolute atomic E-state index is 0.271. The smallest absolute Gasteiger partial charge is 0.322 e. The second kappa shape index (κ2) is 6.23. The van der Waals surface area contributed by atoms with Crippen LogP contribution in [0.5, 0.6) is 0 Å². The Hall–Kier alpha value is -1.50. The van der Waals surface area contributed by atoms with Gasteiger partial charge in [-0.25, -0.2) is 0 Å². The molecule has 0 aliphatic carbocycles. The minimum atomic E-state index is -1.04. The molecule has 0 aromatic rings. The standard InChI is InChI=1S/C8H11NO3/c1-2-3-4-5-7(10)9-6-8(11)12/h1H,3-6H2,(H,9,10)(H,11,12). The first kappa shape index (κ1) is 10.5. The second-order valence-electron chi connectivity index (χ2n) is 2.23. The molecule has 0 aromatic carbocycles. The Kier molecular flexibility index (Phi) is 5.45. The van der Waals surface area contributed by atoms with Gasteiger partial charge in [-0.15, -0.1) is 12.3 Å². The third kappa shape index (κ3) is 6.62. The quantitative estimate of drug-likeness (QED) is 0.449. The molecule has 2 N–H and O–H groups in total. The van der Waals surface area contributed by atoms with Crippen LogP contribution in [0.25, 0.3) is 0 Å². The van der Waals surface area contributed by atoms with Gasteiger partial charge in [-0.1, -0.05) is 0 Å². The molecular weight excluding hydrogens is 158 g/mol. The van der Waals surface area contributed by atoms with Crippen molar-refractivity contribution in [1.29, 1.82) is 0 Å². The van der Waals surface area contributed by atoms with Crippen molar-refractivity contribution in [2.45, 2.75) is 19.3 Å². The molecule has 4 heteroatoms. The summed E-state index contributed by atoms with van der Waals surface area (Å²) in [5, 5.41) is 10.4. The normalized spacial score (nSPS) is 8.58. The topological polar surface area (TPSA) is 66.4 Å². The number of carbonyl (C=O) groups is 2. The molecule has 1 amide bonds. The van der Waals surface area contributed by atoms with Gasteiger partial charge in [0.1, 0.15) is 6.54 Å². The lowest BCUT2D eigenvalue weighted by Gasteiger charge is -1.99. The highest BCUT2D eigenvalue weighted by Gasteiger charge is 2.01. The number of rotatable bonds is 5. The molecule has 0 atom stereocenters. The molecule has 0 bridgehead atoms. The van der Waals surface area contributed by atoms with E-state index < -0.39 is 5.97 Å². The first-order valence-corrected chi connectivity index (χ1v) is 3.58. The van der Waals surface area contributed by atoms with Crippen LogP contribution in [0, 0.1) is 12.3 Å². The Bertz CT molecular complexity index is 205. The van der Waals surface area contributed by atoms with Crippen molar-refractivity contribution in [3.8, 4) is 12.3 Å². The summed E-state index contributed by atoms with van der Waals surface area (Å²) in [4.78, 5) is 20.8. The summed E-state index contributed by atoms with van der Waals surface area (Å²) in [7, 11) is 0. The van der Waals surface area contributed by atoms with E-state index in [0.717, 1.165) is 0 Å². The van der Waals surface area contributed by atoms with Crippen LogP contribution in [0.2, 0.25) is 0 Å². The number of carboxylic acids is 1. The van der Waals surface area contributed by atoms with E-state index in [-0.39, 0.29) is 18.9 Å². The highest BCUT2D eigenvalue weighted by molar-refractivity contribution is 5.80. The highest BCUT2D eigenvalue weighted by Crippen LogP contribution is 1.92. The van der Waals surface area contributed by atoms with E-state index in [1.54, 1.807) is 0 Å². The zero-order chi connectivity index (χ0) is 9.40. The van der Waals surface area contributed by atoms with Gasteiger partial charge in [0.2, 0.25) is 5.91 Å². The van der Waals surface area contributed by atoms with Crippen molar-refractivity contribution >= 4 is 11.9 Å². The first-order valence-electron chi connectivity index (χ1n) is 3.58. The molecule has 0 aliphatic rings. The monoisotopic (exact) mass is 169 g/mol. The van der Waals surface area contributed by atoms with Gasteiger partial charge < -0.3 is 10.4 Å². The van der Waals surface area contributed by atoms with Gasteiger partial charge in [0.05, 0.1) is 0 Å². The Morgan fingerprint density at radius 3 is 2.67 bits per heavy atom. The lowest BCUT2D eigenvalue weighted by atomic mass is 10.2. The Balaban J connectivity index is 3.35. The summed E-state index contributed by atoms with van der Waals surface area (Å²) < 4.78 is 0. The van der Waals surface area contributed by atoms with E-state index in [1.807, 2.05) is 0 Å². The minimum Gasteiger partial charge on any atom is -0.480 e. The van der Waals surface area contributed by atoms with Crippen molar-refractivity contribution < 1.29 is 14.7 Å². The number of nitrogens with one attached hydrogen (secondary N) is 1. The number of hydrogen-bond acceptors (Lipinski definition) is 2. The van der Waals surface area contributed by atoms with Crippen LogP contribution < -0.4 is 5.32 Å². The van der Waals surface area contributed by atoms with Crippen LogP contribution in [0.15, 0.2) is 0 Å². The predicted octanol–water partition coefficient (Wildman–Crippen LogP) is -0.00930. The molecule has 0 radical (unpaired) electrons. The van der Waals surface area contributed by atoms with Gasteiger partial charge in [-0.05, 0) is 6.42 Å². The number of carboxylic acid groups (broad SMARTS) is 1. The maximum Gasteiger partial charge on any atom is 0.322 e. The van der Waals surface area contributed by atoms with Gasteiger partial charge in [0.25, 0.3) is 0 Å². The summed E-state index contributed by atoms with van der Waals surface area (Å²) in [5.41, 5.74) is 0. The Morgan fingerprint density at radius 1 is 1.50 bits per heavy atom. The number of amides is 1. The third-order valence-corrected chi connectivity index (χ3v) is 1.16. The van der Waals surface area contributed by atoms with Crippen molar-refractivity contribution in [3.63, 3.8) is 0 Å². The van der Waals surface area contributed by atoms with Gasteiger partial charge in [0, 0.05) is 12.8 Å². The molecular formula is C8H11NO3. The van der Waals surface area contributed by atoms with Gasteiger partial charge in [-0.3, -0.25) is 9.59 Å². The predicted molar refractivity (Wildman–Crippen MR) is 43.3 cm³/mol. The molecule has 0 unspecified atom stereocenters. The fraction of sp³-hybridized carbons (Fsp3) is 0.500. The van der Waals surface area contributed by atoms with E-state index in [9.17, 15) is 9.59 Å². The number of carbonyl (C=O) groups excluding carboxylic acids is 1. The van der Waals surface area contributed by atoms with Crippen molar-refractivity contribution in [2.75, 3.05) is 6.54 Å². The zero-order valence-electron chi connectivity index (χ0n) is 6.67. The summed E-state index contributed by atoms with van der Waals surface area (Å²) in [6, 6.07) is 0. The van der Waals surface area contributed by atoms with Crippen LogP contribution >= 0.6 is 0 Å². The van der Waals surface area contributed by atoms with E-state index in [2.05, 4.69) is 11.2 Å². The molecule has 0 rings (SSSR count). The van der Waals surface area contributed by atoms with Crippen LogP contribution in [0.3, 0.4) is 0 Å². The molecule has 0 spiro atoms. The third-order valence-electron chi connectivity index (χ3n) is 1.16. The number of aliphatic carboxylic acids is 1. The first-order chi connectivity index (χ1) is 5.66. The molecule has 66 valence electrons. The molecule has 0 saturated carbocycles. The molecule has 0 fully saturated rings. The van der Waals surface area contributed by atoms with Crippen molar-refractivity contribution in [1.82, 2.24) is 5.32 Å². The van der Waals surface area contributed by atoms with Gasteiger partial charge in [-0.2, -0.15) is 0 Å². The van der Waals surface area contributed by atoms with E-state index in [1.165, 1.54) is 0 Å². The Labute approximate surface area is 71.0 Å². The Morgan fingerprint density at radius 2 is 2.17 bits per heavy atom. The van der Waals surface area contributed by atoms with Crippen LogP contribution in [0.4, 0.5) is 0 Å². The average molecular weight is 169 g/mol. The van der Waals surface area contributed by atoms with Crippen LogP contribution in [0.1, 0.15) is 19.3 Å². The molecule has 0 aliphatic heterocycles. The summed E-state index contributed by atoms with van der Waals surface area (Å²) in [6.07, 6.45) is 6.39. The molecule has 0 saturated heterocycles. The summed E-state index contributed by atoms with van der Waals surface area (Å²) in [6.45, 7) is -0.325. The van der Waals surface area contributed by atoms with E-state index in [4.69, 9.17) is 11.5 Å². The maximum atomic E-state index is 10.8. The summed E-state index contributed by atoms with van der Waals surface area (Å²) in [5.74, 6) is 1.08. The van der Waals surface area contributed by atoms with E-state index >= 15 is 0 Å². The van der Waals surface area contributed by atoms with Crippen LogP contribution in [-0.2, 0) is 9.59 Å². The molecule has 0 heterocycles. The SMILES string of the molecule is C#CCCCC(=O)NCC(=O)O. The lowest BCUT2D eigenvalue weighted by Crippen LogP contribution is -2.28. The van der Waals surface area contributed by atoms with Gasteiger partial charge >= 0.3 is 5.97 Å². The average Bonchev–Trinajstić information content (AvgIpc) is 2.01. The largest absolute Gasteiger partial charge is 0.480 e. The molecule has 4 nitrogen and oxygen atoms in total. The lowest BCUT2D eigenvalue weighted by molar-refractivity contribution is -0.137. The zero-order valence-corrected chi connectivity index (χ0v) is 6.67. The molecule has 12 heavy (non-hydrogen) atoms. The molecule has 0 aromatic heterocycles. The maximum absolute atomic E-state index is 10.8. The fourth-order valence-electron chi connectivity index (χ4n) is 0.614. The van der Waals surface area contributed by atoms with E-state index in [0.29, 0.717) is 12.8 Å². The highest BCUT2D eigenvalue weighted by atomic mass is 16.4. The van der Waals surface area contributed by atoms with Gasteiger partial charge in [0.15, 0.2) is 0 Å². The second-order valence-corrected chi connectivity index (χ2v) is 2.23. The van der Waals surface area contributed by atoms with Crippen molar-refractivity contribution in [2.24, 2.45) is 0 Å². The number of terminal acetylenes is 1.